The normalized spacial score (nSPS) is 18.9. The van der Waals surface area contributed by atoms with Gasteiger partial charge < -0.3 is 15.5 Å². The molecule has 6 nitrogen and oxygen atoms in total. The van der Waals surface area contributed by atoms with E-state index >= 15 is 0 Å². The molecule has 0 radical (unpaired) electrons. The summed E-state index contributed by atoms with van der Waals surface area (Å²) in [5.74, 6) is 1.97. The molecule has 164 valence electrons. The number of hydrogen-bond donors (Lipinski definition) is 2. The van der Waals surface area contributed by atoms with Crippen molar-refractivity contribution in [3.63, 3.8) is 0 Å². The molecule has 3 rings (SSSR count). The number of nitrogens with zero attached hydrogens (tertiary/aromatic N) is 4. The third-order valence-electron chi connectivity index (χ3n) is 6.07. The molecule has 2 N–H and O–H groups in total. The zero-order chi connectivity index (χ0) is 19.8. The van der Waals surface area contributed by atoms with Crippen molar-refractivity contribution in [3.05, 3.63) is 23.9 Å². The number of likely N-dealkylation sites (tertiary alicyclic amines) is 1. The number of anilines is 1. The Morgan fingerprint density at radius 3 is 2.34 bits per heavy atom. The molecule has 1 aromatic rings. The molecule has 2 fully saturated rings. The van der Waals surface area contributed by atoms with Crippen molar-refractivity contribution in [2.24, 2.45) is 4.99 Å². The maximum Gasteiger partial charge on any atom is 0.191 e. The summed E-state index contributed by atoms with van der Waals surface area (Å²) in [4.78, 5) is 14.0. The summed E-state index contributed by atoms with van der Waals surface area (Å²) < 4.78 is 0. The first-order valence-corrected chi connectivity index (χ1v) is 11.0. The number of aliphatic imine (C=N–C) groups is 1. The Morgan fingerprint density at radius 1 is 1.03 bits per heavy atom. The molecule has 0 aromatic carbocycles. The summed E-state index contributed by atoms with van der Waals surface area (Å²) >= 11 is 0. The van der Waals surface area contributed by atoms with E-state index in [-0.39, 0.29) is 29.5 Å². The largest absolute Gasteiger partial charge is 0.357 e. The van der Waals surface area contributed by atoms with Crippen LogP contribution in [0.2, 0.25) is 0 Å². The SMILES string of the molecule is CN=C(NCc1ccnc(N2CCCCC2)c1)NCC(C)(C)N1CCCCC1.I. The zero-order valence-electron chi connectivity index (χ0n) is 18.4. The Balaban J connectivity index is 0.00000300. The van der Waals surface area contributed by atoms with Crippen LogP contribution in [0.3, 0.4) is 0 Å². The van der Waals surface area contributed by atoms with E-state index in [1.807, 2.05) is 13.2 Å². The zero-order valence-corrected chi connectivity index (χ0v) is 20.7. The highest BCUT2D eigenvalue weighted by Gasteiger charge is 2.27. The maximum atomic E-state index is 4.58. The molecule has 29 heavy (non-hydrogen) atoms. The molecule has 3 heterocycles. The molecule has 7 heteroatoms. The summed E-state index contributed by atoms with van der Waals surface area (Å²) in [5.41, 5.74) is 1.38. The second kappa shape index (κ2) is 11.9. The number of piperidine rings is 2. The topological polar surface area (TPSA) is 55.8 Å². The number of guanidine groups is 1. The van der Waals surface area contributed by atoms with E-state index in [1.165, 1.54) is 57.2 Å². The Kier molecular flexibility index (Phi) is 9.95. The van der Waals surface area contributed by atoms with Gasteiger partial charge in [0.2, 0.25) is 0 Å². The van der Waals surface area contributed by atoms with E-state index in [4.69, 9.17) is 0 Å². The first-order chi connectivity index (χ1) is 13.6. The van der Waals surface area contributed by atoms with E-state index < -0.39 is 0 Å². The highest BCUT2D eigenvalue weighted by atomic mass is 127. The molecule has 0 amide bonds. The van der Waals surface area contributed by atoms with E-state index in [9.17, 15) is 0 Å². The first kappa shape index (κ1) is 24.2. The van der Waals surface area contributed by atoms with Crippen LogP contribution < -0.4 is 15.5 Å². The van der Waals surface area contributed by atoms with Crippen LogP contribution in [0.15, 0.2) is 23.3 Å². The minimum absolute atomic E-state index is 0. The van der Waals surface area contributed by atoms with E-state index in [2.05, 4.69) is 56.4 Å². The van der Waals surface area contributed by atoms with Gasteiger partial charge in [-0.15, -0.1) is 24.0 Å². The van der Waals surface area contributed by atoms with Gasteiger partial charge in [-0.25, -0.2) is 4.98 Å². The van der Waals surface area contributed by atoms with Crippen LogP contribution in [0, 0.1) is 0 Å². The van der Waals surface area contributed by atoms with Crippen LogP contribution in [-0.2, 0) is 6.54 Å². The number of halogens is 1. The minimum atomic E-state index is 0. The summed E-state index contributed by atoms with van der Waals surface area (Å²) in [6.07, 6.45) is 9.81. The average Bonchev–Trinajstić information content (AvgIpc) is 2.75. The third-order valence-corrected chi connectivity index (χ3v) is 6.07. The molecular weight excluding hydrogens is 475 g/mol. The number of hydrogen-bond acceptors (Lipinski definition) is 4. The Morgan fingerprint density at radius 2 is 1.69 bits per heavy atom. The summed E-state index contributed by atoms with van der Waals surface area (Å²) in [6.45, 7) is 11.0. The van der Waals surface area contributed by atoms with Crippen molar-refractivity contribution in [1.29, 1.82) is 0 Å². The minimum Gasteiger partial charge on any atom is -0.357 e. The van der Waals surface area contributed by atoms with Crippen LogP contribution in [0.25, 0.3) is 0 Å². The highest BCUT2D eigenvalue weighted by molar-refractivity contribution is 14.0. The molecule has 2 aliphatic heterocycles. The molecule has 1 aromatic heterocycles. The predicted molar refractivity (Wildman–Crippen MR) is 133 cm³/mol. The lowest BCUT2D eigenvalue weighted by Gasteiger charge is -2.41. The van der Waals surface area contributed by atoms with Gasteiger partial charge >= 0.3 is 0 Å². The molecule has 2 aliphatic rings. The predicted octanol–water partition coefficient (Wildman–Crippen LogP) is 3.62. The van der Waals surface area contributed by atoms with Crippen molar-refractivity contribution in [2.75, 3.05) is 44.7 Å². The lowest BCUT2D eigenvalue weighted by molar-refractivity contribution is 0.0982. The quantitative estimate of drug-likeness (QED) is 0.345. The number of aromatic nitrogens is 1. The Labute approximate surface area is 194 Å². The molecule has 2 saturated heterocycles. The van der Waals surface area contributed by atoms with Crippen LogP contribution in [0.5, 0.6) is 0 Å². The number of pyridine rings is 1. The van der Waals surface area contributed by atoms with Crippen molar-refractivity contribution in [2.45, 2.75) is 64.5 Å². The molecule has 0 aliphatic carbocycles. The van der Waals surface area contributed by atoms with Crippen molar-refractivity contribution in [1.82, 2.24) is 20.5 Å². The smallest absolute Gasteiger partial charge is 0.191 e. The fraction of sp³-hybridized carbons (Fsp3) is 0.727. The Bertz CT molecular complexity index is 636. The van der Waals surface area contributed by atoms with E-state index in [0.717, 1.165) is 38.0 Å². The van der Waals surface area contributed by atoms with Crippen LogP contribution in [0.1, 0.15) is 57.9 Å². The third kappa shape index (κ3) is 7.27. The lowest BCUT2D eigenvalue weighted by atomic mass is 9.98. The second-order valence-corrected chi connectivity index (χ2v) is 8.71. The van der Waals surface area contributed by atoms with Gasteiger partial charge in [0.1, 0.15) is 5.82 Å². The van der Waals surface area contributed by atoms with Gasteiger partial charge in [0.15, 0.2) is 5.96 Å². The number of rotatable bonds is 6. The van der Waals surface area contributed by atoms with E-state index in [0.29, 0.717) is 0 Å². The summed E-state index contributed by atoms with van der Waals surface area (Å²) in [7, 11) is 1.84. The second-order valence-electron chi connectivity index (χ2n) is 8.71. The molecule has 0 spiro atoms. The molecule has 0 saturated carbocycles. The number of nitrogens with one attached hydrogen (secondary N) is 2. The summed E-state index contributed by atoms with van der Waals surface area (Å²) in [5, 5.41) is 6.99. The molecule has 0 atom stereocenters. The maximum absolute atomic E-state index is 4.58. The monoisotopic (exact) mass is 514 g/mol. The fourth-order valence-electron chi connectivity index (χ4n) is 4.18. The van der Waals surface area contributed by atoms with Gasteiger partial charge in [-0.1, -0.05) is 6.42 Å². The van der Waals surface area contributed by atoms with Gasteiger partial charge in [0.05, 0.1) is 0 Å². The Hall–Kier alpha value is -1.09. The van der Waals surface area contributed by atoms with Gasteiger partial charge in [0.25, 0.3) is 0 Å². The van der Waals surface area contributed by atoms with Gasteiger partial charge in [-0.2, -0.15) is 0 Å². The molecular formula is C22H39IN6. The molecule has 0 unspecified atom stereocenters. The average molecular weight is 515 g/mol. The summed E-state index contributed by atoms with van der Waals surface area (Å²) in [6, 6.07) is 4.30. The fourth-order valence-corrected chi connectivity index (χ4v) is 4.18. The standard InChI is InChI=1S/C22H38N6.HI/c1-22(2,28-14-8-5-9-15-28)18-26-21(23-3)25-17-19-10-11-24-20(16-19)27-12-6-4-7-13-27;/h10-11,16H,4-9,12-15,17-18H2,1-3H3,(H2,23,25,26);1H. The van der Waals surface area contributed by atoms with Gasteiger partial charge in [-0.3, -0.25) is 9.89 Å². The highest BCUT2D eigenvalue weighted by Crippen LogP contribution is 2.20. The first-order valence-electron chi connectivity index (χ1n) is 11.0. The van der Waals surface area contributed by atoms with Crippen molar-refractivity contribution < 1.29 is 0 Å². The van der Waals surface area contributed by atoms with Crippen LogP contribution in [-0.4, -0.2) is 61.2 Å². The van der Waals surface area contributed by atoms with Crippen LogP contribution >= 0.6 is 24.0 Å². The van der Waals surface area contributed by atoms with Crippen molar-refractivity contribution >= 4 is 35.8 Å². The van der Waals surface area contributed by atoms with Crippen LogP contribution in [0.4, 0.5) is 5.82 Å². The molecule has 0 bridgehead atoms. The van der Waals surface area contributed by atoms with Crippen molar-refractivity contribution in [3.8, 4) is 0 Å². The van der Waals surface area contributed by atoms with Gasteiger partial charge in [0, 0.05) is 45.0 Å². The lowest BCUT2D eigenvalue weighted by Crippen LogP contribution is -2.54. The van der Waals surface area contributed by atoms with Gasteiger partial charge in [-0.05, 0) is 76.7 Å². The van der Waals surface area contributed by atoms with E-state index in [1.54, 1.807) is 0 Å².